The van der Waals surface area contributed by atoms with Crippen molar-refractivity contribution in [2.75, 3.05) is 11.9 Å². The first-order valence-electron chi connectivity index (χ1n) is 6.46. The van der Waals surface area contributed by atoms with Gasteiger partial charge in [-0.25, -0.2) is 13.8 Å². The molecule has 0 aliphatic heterocycles. The number of anilines is 1. The predicted molar refractivity (Wildman–Crippen MR) is 78.9 cm³/mol. The van der Waals surface area contributed by atoms with Crippen LogP contribution in [0.5, 0.6) is 0 Å². The number of nitrogens with one attached hydrogen (secondary N) is 1. The first-order valence-corrected chi connectivity index (χ1v) is 7.45. The van der Waals surface area contributed by atoms with Crippen LogP contribution in [0.1, 0.15) is 19.0 Å². The first kappa shape index (κ1) is 14.8. The zero-order valence-electron chi connectivity index (χ0n) is 11.2. The highest BCUT2D eigenvalue weighted by molar-refractivity contribution is 7.98. The van der Waals surface area contributed by atoms with Gasteiger partial charge >= 0.3 is 0 Å². The number of rotatable bonds is 6. The number of nitrogens with zero attached hydrogens (tertiary/aromatic N) is 1. The average Bonchev–Trinajstić information content (AvgIpc) is 2.46. The highest BCUT2D eigenvalue weighted by Crippen LogP contribution is 2.26. The molecule has 5 heteroatoms. The molecule has 0 spiro atoms. The molecule has 0 atom stereocenters. The number of benzene rings is 1. The summed E-state index contributed by atoms with van der Waals surface area (Å²) in [7, 11) is 0. The van der Waals surface area contributed by atoms with Gasteiger partial charge in [-0.1, -0.05) is 13.0 Å². The Morgan fingerprint density at radius 2 is 2.05 bits per heavy atom. The Morgan fingerprint density at radius 1 is 1.20 bits per heavy atom. The summed E-state index contributed by atoms with van der Waals surface area (Å²) in [5, 5.41) is 3.20. The maximum Gasteiger partial charge on any atom is 0.136 e. The average molecular weight is 294 g/mol. The summed E-state index contributed by atoms with van der Waals surface area (Å²) in [5.74, 6) is 0.476. The number of halogens is 2. The van der Waals surface area contributed by atoms with Crippen molar-refractivity contribution in [3.8, 4) is 0 Å². The number of thioether (sulfide) groups is 1. The molecular formula is C15H16F2N2S. The van der Waals surface area contributed by atoms with Crippen molar-refractivity contribution >= 4 is 17.6 Å². The van der Waals surface area contributed by atoms with Crippen molar-refractivity contribution in [2.24, 2.45) is 0 Å². The lowest BCUT2D eigenvalue weighted by Gasteiger charge is -2.07. The highest BCUT2D eigenvalue weighted by Gasteiger charge is 2.06. The van der Waals surface area contributed by atoms with Crippen molar-refractivity contribution in [2.45, 2.75) is 24.0 Å². The summed E-state index contributed by atoms with van der Waals surface area (Å²) in [4.78, 5) is 4.73. The fourth-order valence-electron chi connectivity index (χ4n) is 1.65. The van der Waals surface area contributed by atoms with E-state index < -0.39 is 11.6 Å². The Morgan fingerprint density at radius 3 is 2.85 bits per heavy atom. The molecule has 0 fully saturated rings. The molecule has 2 aromatic rings. The SMILES string of the molecule is CCCNc1cccc(CSc2cc(F)ccc2F)n1. The molecule has 0 aliphatic rings. The third-order valence-electron chi connectivity index (χ3n) is 2.63. The van der Waals surface area contributed by atoms with Gasteiger partial charge in [0.15, 0.2) is 0 Å². The molecule has 20 heavy (non-hydrogen) atoms. The van der Waals surface area contributed by atoms with E-state index in [0.717, 1.165) is 36.6 Å². The molecule has 0 aliphatic carbocycles. The molecule has 1 aromatic carbocycles. The van der Waals surface area contributed by atoms with Crippen LogP contribution in [-0.2, 0) is 5.75 Å². The topological polar surface area (TPSA) is 24.9 Å². The van der Waals surface area contributed by atoms with Crippen LogP contribution in [0, 0.1) is 11.6 Å². The fraction of sp³-hybridized carbons (Fsp3) is 0.267. The predicted octanol–water partition coefficient (Wildman–Crippen LogP) is 4.47. The molecule has 1 aromatic heterocycles. The Bertz CT molecular complexity index is 576. The molecular weight excluding hydrogens is 278 g/mol. The van der Waals surface area contributed by atoms with Crippen LogP contribution in [0.2, 0.25) is 0 Å². The lowest BCUT2D eigenvalue weighted by Crippen LogP contribution is -2.02. The van der Waals surface area contributed by atoms with Gasteiger partial charge in [-0.3, -0.25) is 0 Å². The molecule has 0 unspecified atom stereocenters. The lowest BCUT2D eigenvalue weighted by atomic mass is 10.3. The molecule has 2 nitrogen and oxygen atoms in total. The van der Waals surface area contributed by atoms with Gasteiger partial charge in [0.1, 0.15) is 17.5 Å². The number of hydrogen-bond acceptors (Lipinski definition) is 3. The molecule has 106 valence electrons. The maximum atomic E-state index is 13.5. The van der Waals surface area contributed by atoms with Crippen LogP contribution in [0.3, 0.4) is 0 Å². The van der Waals surface area contributed by atoms with E-state index in [1.165, 1.54) is 17.8 Å². The molecule has 0 saturated heterocycles. The van der Waals surface area contributed by atoms with E-state index in [4.69, 9.17) is 0 Å². The second kappa shape index (κ2) is 7.24. The van der Waals surface area contributed by atoms with E-state index in [0.29, 0.717) is 10.6 Å². The molecule has 2 rings (SSSR count). The molecule has 1 N–H and O–H groups in total. The van der Waals surface area contributed by atoms with Crippen LogP contribution in [0.4, 0.5) is 14.6 Å². The van der Waals surface area contributed by atoms with Crippen molar-refractivity contribution < 1.29 is 8.78 Å². The Balaban J connectivity index is 2.01. The summed E-state index contributed by atoms with van der Waals surface area (Å²) >= 11 is 1.24. The lowest BCUT2D eigenvalue weighted by molar-refractivity contribution is 0.577. The van der Waals surface area contributed by atoms with Gasteiger partial charge in [0.05, 0.1) is 5.69 Å². The van der Waals surface area contributed by atoms with Crippen LogP contribution in [-0.4, -0.2) is 11.5 Å². The largest absolute Gasteiger partial charge is 0.370 e. The van der Waals surface area contributed by atoms with Crippen molar-refractivity contribution in [1.82, 2.24) is 4.98 Å². The van der Waals surface area contributed by atoms with Gasteiger partial charge < -0.3 is 5.32 Å². The minimum atomic E-state index is -0.430. The van der Waals surface area contributed by atoms with E-state index >= 15 is 0 Å². The smallest absolute Gasteiger partial charge is 0.136 e. The first-order chi connectivity index (χ1) is 9.69. The summed E-state index contributed by atoms with van der Waals surface area (Å²) < 4.78 is 26.6. The van der Waals surface area contributed by atoms with Crippen molar-refractivity contribution in [1.29, 1.82) is 0 Å². The standard InChI is InChI=1S/C15H16F2N2S/c1-2-8-18-15-5-3-4-12(19-15)10-20-14-9-11(16)6-7-13(14)17/h3-7,9H,2,8,10H2,1H3,(H,18,19). The Kier molecular flexibility index (Phi) is 5.35. The third-order valence-corrected chi connectivity index (χ3v) is 3.70. The van der Waals surface area contributed by atoms with Crippen LogP contribution >= 0.6 is 11.8 Å². The van der Waals surface area contributed by atoms with Crippen LogP contribution < -0.4 is 5.32 Å². The second-order valence-corrected chi connectivity index (χ2v) is 5.32. The van der Waals surface area contributed by atoms with Crippen LogP contribution in [0.25, 0.3) is 0 Å². The zero-order valence-corrected chi connectivity index (χ0v) is 12.0. The van der Waals surface area contributed by atoms with E-state index in [-0.39, 0.29) is 0 Å². The summed E-state index contributed by atoms with van der Waals surface area (Å²) in [6.45, 7) is 2.95. The minimum Gasteiger partial charge on any atom is -0.370 e. The van der Waals surface area contributed by atoms with E-state index in [1.54, 1.807) is 0 Å². The van der Waals surface area contributed by atoms with Gasteiger partial charge in [-0.05, 0) is 36.8 Å². The van der Waals surface area contributed by atoms with E-state index in [2.05, 4.69) is 17.2 Å². The summed E-state index contributed by atoms with van der Waals surface area (Å²) in [5.41, 5.74) is 0.833. The second-order valence-electron chi connectivity index (χ2n) is 4.30. The van der Waals surface area contributed by atoms with E-state index in [1.807, 2.05) is 18.2 Å². The molecule has 0 radical (unpaired) electrons. The van der Waals surface area contributed by atoms with Gasteiger partial charge in [-0.15, -0.1) is 11.8 Å². The van der Waals surface area contributed by atoms with Gasteiger partial charge in [0.2, 0.25) is 0 Å². The third kappa shape index (κ3) is 4.20. The number of aromatic nitrogens is 1. The molecule has 0 bridgehead atoms. The zero-order chi connectivity index (χ0) is 14.4. The van der Waals surface area contributed by atoms with E-state index in [9.17, 15) is 8.78 Å². The van der Waals surface area contributed by atoms with Crippen molar-refractivity contribution in [3.05, 3.63) is 53.7 Å². The van der Waals surface area contributed by atoms with Gasteiger partial charge in [0, 0.05) is 17.2 Å². The highest BCUT2D eigenvalue weighted by atomic mass is 32.2. The number of hydrogen-bond donors (Lipinski definition) is 1. The van der Waals surface area contributed by atoms with Gasteiger partial charge in [0.25, 0.3) is 0 Å². The summed E-state index contributed by atoms with van der Waals surface area (Å²) in [6.07, 6.45) is 1.02. The van der Waals surface area contributed by atoms with Crippen LogP contribution in [0.15, 0.2) is 41.3 Å². The quantitative estimate of drug-likeness (QED) is 0.795. The van der Waals surface area contributed by atoms with Gasteiger partial charge in [-0.2, -0.15) is 0 Å². The summed E-state index contributed by atoms with van der Waals surface area (Å²) in [6, 6.07) is 9.15. The molecule has 0 amide bonds. The molecule has 0 saturated carbocycles. The normalized spacial score (nSPS) is 10.6. The maximum absolute atomic E-state index is 13.5. The monoisotopic (exact) mass is 294 g/mol. The molecule has 1 heterocycles. The minimum absolute atomic E-state index is 0.304. The number of pyridine rings is 1. The van der Waals surface area contributed by atoms with Crippen molar-refractivity contribution in [3.63, 3.8) is 0 Å². The Labute approximate surface area is 121 Å². The fourth-order valence-corrected chi connectivity index (χ4v) is 2.52. The Hall–Kier alpha value is -1.62.